The van der Waals surface area contributed by atoms with E-state index in [9.17, 15) is 4.79 Å². The second-order valence-electron chi connectivity index (χ2n) is 3.12. The van der Waals surface area contributed by atoms with Crippen molar-refractivity contribution in [3.05, 3.63) is 34.3 Å². The van der Waals surface area contributed by atoms with Crippen LogP contribution in [0.1, 0.15) is 22.3 Å². The number of hydrogen-bond donors (Lipinski definition) is 1. The Morgan fingerprint density at radius 2 is 2.33 bits per heavy atom. The molecule has 1 amide bonds. The molecule has 4 heteroatoms. The van der Waals surface area contributed by atoms with Crippen molar-refractivity contribution in [2.24, 2.45) is 0 Å². The number of aryl methyl sites for hydroxylation is 1. The molecule has 1 rings (SSSR count). The number of hydrogen-bond acceptors (Lipinski definition) is 2. The number of rotatable bonds is 3. The Labute approximate surface area is 93.7 Å². The predicted molar refractivity (Wildman–Crippen MR) is 58.8 cm³/mol. The van der Waals surface area contributed by atoms with Gasteiger partial charge in [0.05, 0.1) is 12.5 Å². The third kappa shape index (κ3) is 3.26. The van der Waals surface area contributed by atoms with Crippen LogP contribution in [-0.4, -0.2) is 12.5 Å². The number of nitriles is 1. The summed E-state index contributed by atoms with van der Waals surface area (Å²) in [7, 11) is 0. The number of nitrogens with zero attached hydrogens (tertiary/aromatic N) is 1. The van der Waals surface area contributed by atoms with Gasteiger partial charge >= 0.3 is 0 Å². The van der Waals surface area contributed by atoms with Crippen LogP contribution in [0.3, 0.4) is 0 Å². The van der Waals surface area contributed by atoms with E-state index < -0.39 is 0 Å². The Hall–Kier alpha value is -1.53. The van der Waals surface area contributed by atoms with Gasteiger partial charge in [0.25, 0.3) is 5.91 Å². The van der Waals surface area contributed by atoms with E-state index in [2.05, 4.69) is 5.32 Å². The molecular formula is C11H11ClN2O. The molecule has 1 aromatic carbocycles. The first-order valence-corrected chi connectivity index (χ1v) is 4.94. The maximum atomic E-state index is 11.6. The van der Waals surface area contributed by atoms with Gasteiger partial charge in [0.15, 0.2) is 0 Å². The third-order valence-corrected chi connectivity index (χ3v) is 2.19. The topological polar surface area (TPSA) is 52.9 Å². The third-order valence-electron chi connectivity index (χ3n) is 1.96. The second kappa shape index (κ2) is 5.38. The Kier molecular flexibility index (Phi) is 4.14. The van der Waals surface area contributed by atoms with Crippen LogP contribution in [0.5, 0.6) is 0 Å². The molecule has 0 radical (unpaired) electrons. The number of amides is 1. The highest BCUT2D eigenvalue weighted by molar-refractivity contribution is 6.30. The van der Waals surface area contributed by atoms with Gasteiger partial charge in [0.1, 0.15) is 0 Å². The predicted octanol–water partition coefficient (Wildman–Crippen LogP) is 2.29. The zero-order valence-corrected chi connectivity index (χ0v) is 9.14. The number of carbonyl (C=O) groups is 1. The molecule has 0 saturated carbocycles. The average Bonchev–Trinajstić information content (AvgIpc) is 2.17. The lowest BCUT2D eigenvalue weighted by atomic mass is 10.1. The summed E-state index contributed by atoms with van der Waals surface area (Å²) in [5.74, 6) is -0.167. The summed E-state index contributed by atoms with van der Waals surface area (Å²) in [5, 5.41) is 11.6. The Morgan fingerprint density at radius 3 is 2.93 bits per heavy atom. The number of benzene rings is 1. The quantitative estimate of drug-likeness (QED) is 0.798. The molecule has 0 aliphatic heterocycles. The largest absolute Gasteiger partial charge is 0.351 e. The van der Waals surface area contributed by atoms with Gasteiger partial charge in [-0.2, -0.15) is 5.26 Å². The van der Waals surface area contributed by atoms with E-state index in [-0.39, 0.29) is 5.91 Å². The molecule has 0 unspecified atom stereocenters. The van der Waals surface area contributed by atoms with Crippen molar-refractivity contribution in [3.63, 3.8) is 0 Å². The molecule has 0 fully saturated rings. The van der Waals surface area contributed by atoms with E-state index in [1.165, 1.54) is 0 Å². The summed E-state index contributed by atoms with van der Waals surface area (Å²) in [6.45, 7) is 2.20. The van der Waals surface area contributed by atoms with Crippen LogP contribution in [0.15, 0.2) is 18.2 Å². The van der Waals surface area contributed by atoms with Crippen molar-refractivity contribution in [2.75, 3.05) is 6.54 Å². The van der Waals surface area contributed by atoms with E-state index in [0.717, 1.165) is 5.56 Å². The zero-order valence-electron chi connectivity index (χ0n) is 8.38. The van der Waals surface area contributed by atoms with Crippen molar-refractivity contribution in [1.29, 1.82) is 5.26 Å². The smallest absolute Gasteiger partial charge is 0.251 e. The Balaban J connectivity index is 2.70. The van der Waals surface area contributed by atoms with Crippen LogP contribution in [0.25, 0.3) is 0 Å². The summed E-state index contributed by atoms with van der Waals surface area (Å²) >= 11 is 5.77. The molecule has 0 spiro atoms. The minimum Gasteiger partial charge on any atom is -0.351 e. The summed E-state index contributed by atoms with van der Waals surface area (Å²) in [5.41, 5.74) is 1.43. The van der Waals surface area contributed by atoms with Crippen molar-refractivity contribution in [1.82, 2.24) is 5.32 Å². The molecule has 0 aliphatic rings. The lowest BCUT2D eigenvalue weighted by molar-refractivity contribution is 0.0954. The molecule has 0 heterocycles. The van der Waals surface area contributed by atoms with Gasteiger partial charge in [-0.1, -0.05) is 11.6 Å². The van der Waals surface area contributed by atoms with Crippen LogP contribution in [0.4, 0.5) is 0 Å². The molecule has 0 aliphatic carbocycles. The molecule has 0 atom stereocenters. The van der Waals surface area contributed by atoms with Gasteiger partial charge in [-0.3, -0.25) is 4.79 Å². The van der Waals surface area contributed by atoms with Crippen LogP contribution < -0.4 is 5.32 Å². The van der Waals surface area contributed by atoms with E-state index in [0.29, 0.717) is 23.6 Å². The molecule has 0 aromatic heterocycles. The summed E-state index contributed by atoms with van der Waals surface area (Å²) in [6, 6.07) is 7.05. The van der Waals surface area contributed by atoms with Crippen molar-refractivity contribution in [2.45, 2.75) is 13.3 Å². The summed E-state index contributed by atoms with van der Waals surface area (Å²) in [6.07, 6.45) is 0.318. The highest BCUT2D eigenvalue weighted by Gasteiger charge is 2.07. The number of halogens is 1. The van der Waals surface area contributed by atoms with Gasteiger partial charge in [0.2, 0.25) is 0 Å². The molecule has 3 nitrogen and oxygen atoms in total. The minimum atomic E-state index is -0.167. The normalized spacial score (nSPS) is 9.40. The van der Waals surface area contributed by atoms with E-state index >= 15 is 0 Å². The first-order valence-electron chi connectivity index (χ1n) is 4.56. The van der Waals surface area contributed by atoms with Gasteiger partial charge in [-0.25, -0.2) is 0 Å². The minimum absolute atomic E-state index is 0.167. The lowest BCUT2D eigenvalue weighted by Gasteiger charge is -2.06. The van der Waals surface area contributed by atoms with Crippen molar-refractivity contribution >= 4 is 17.5 Å². The van der Waals surface area contributed by atoms with Crippen LogP contribution in [0, 0.1) is 18.3 Å². The first-order chi connectivity index (χ1) is 7.15. The highest BCUT2D eigenvalue weighted by atomic mass is 35.5. The maximum Gasteiger partial charge on any atom is 0.251 e. The number of carbonyl (C=O) groups excluding carboxylic acids is 1. The fourth-order valence-corrected chi connectivity index (χ4v) is 1.44. The molecule has 1 aromatic rings. The summed E-state index contributed by atoms with van der Waals surface area (Å²) in [4.78, 5) is 11.6. The lowest BCUT2D eigenvalue weighted by Crippen LogP contribution is -2.24. The van der Waals surface area contributed by atoms with Gasteiger partial charge in [-0.15, -0.1) is 0 Å². The maximum absolute atomic E-state index is 11.6. The molecular weight excluding hydrogens is 212 g/mol. The van der Waals surface area contributed by atoms with Gasteiger partial charge < -0.3 is 5.32 Å². The Bertz CT molecular complexity index is 410. The Morgan fingerprint density at radius 1 is 1.60 bits per heavy atom. The molecule has 1 N–H and O–H groups in total. The molecule has 0 saturated heterocycles. The SMILES string of the molecule is Cc1cc(Cl)ccc1C(=O)NCCC#N. The molecule has 0 bridgehead atoms. The molecule has 78 valence electrons. The molecule has 15 heavy (non-hydrogen) atoms. The average molecular weight is 223 g/mol. The van der Waals surface area contributed by atoms with E-state index in [4.69, 9.17) is 16.9 Å². The van der Waals surface area contributed by atoms with E-state index in [1.807, 2.05) is 13.0 Å². The van der Waals surface area contributed by atoms with Crippen molar-refractivity contribution in [3.8, 4) is 6.07 Å². The van der Waals surface area contributed by atoms with E-state index in [1.54, 1.807) is 18.2 Å². The second-order valence-corrected chi connectivity index (χ2v) is 3.56. The fourth-order valence-electron chi connectivity index (χ4n) is 1.21. The van der Waals surface area contributed by atoms with Crippen LogP contribution in [-0.2, 0) is 0 Å². The van der Waals surface area contributed by atoms with Crippen molar-refractivity contribution < 1.29 is 4.79 Å². The van der Waals surface area contributed by atoms with Gasteiger partial charge in [0, 0.05) is 17.1 Å². The van der Waals surface area contributed by atoms with Gasteiger partial charge in [-0.05, 0) is 30.7 Å². The number of nitrogens with one attached hydrogen (secondary N) is 1. The monoisotopic (exact) mass is 222 g/mol. The highest BCUT2D eigenvalue weighted by Crippen LogP contribution is 2.14. The summed E-state index contributed by atoms with van der Waals surface area (Å²) < 4.78 is 0. The standard InChI is InChI=1S/C11H11ClN2O/c1-8-7-9(12)3-4-10(8)11(15)14-6-2-5-13/h3-4,7H,2,6H2,1H3,(H,14,15). The first kappa shape index (κ1) is 11.5. The fraction of sp³-hybridized carbons (Fsp3) is 0.273. The zero-order chi connectivity index (χ0) is 11.3. The van der Waals surface area contributed by atoms with Crippen LogP contribution in [0.2, 0.25) is 5.02 Å². The van der Waals surface area contributed by atoms with Crippen LogP contribution >= 0.6 is 11.6 Å².